The molecule has 0 aromatic heterocycles. The maximum atomic E-state index is 12.0. The molecule has 0 saturated carbocycles. The van der Waals surface area contributed by atoms with Crippen LogP contribution in [0.5, 0.6) is 11.5 Å². The van der Waals surface area contributed by atoms with Gasteiger partial charge in [-0.05, 0) is 19.1 Å². The van der Waals surface area contributed by atoms with Crippen LogP contribution in [0, 0.1) is 0 Å². The van der Waals surface area contributed by atoms with E-state index < -0.39 is 11.9 Å². The van der Waals surface area contributed by atoms with Crippen LogP contribution in [-0.2, 0) is 4.79 Å². The lowest BCUT2D eigenvalue weighted by Gasteiger charge is -2.18. The SMILES string of the molecule is COc1cccc(C(=O)NC(C)C(=O)N(C)C)c1O. The van der Waals surface area contributed by atoms with Crippen LogP contribution in [0.25, 0.3) is 0 Å². The lowest BCUT2D eigenvalue weighted by Crippen LogP contribution is -2.44. The van der Waals surface area contributed by atoms with Crippen LogP contribution in [-0.4, -0.2) is 49.1 Å². The Hall–Kier alpha value is -2.24. The van der Waals surface area contributed by atoms with Gasteiger partial charge in [-0.25, -0.2) is 0 Å². The van der Waals surface area contributed by atoms with Gasteiger partial charge in [0.1, 0.15) is 6.04 Å². The zero-order valence-corrected chi connectivity index (χ0v) is 11.4. The molecule has 2 N–H and O–H groups in total. The number of nitrogens with one attached hydrogen (secondary N) is 1. The van der Waals surface area contributed by atoms with Crippen LogP contribution in [0.2, 0.25) is 0 Å². The van der Waals surface area contributed by atoms with Crippen molar-refractivity contribution in [3.8, 4) is 11.5 Å². The normalized spacial score (nSPS) is 11.6. The Balaban J connectivity index is 2.87. The lowest BCUT2D eigenvalue weighted by molar-refractivity contribution is -0.130. The molecule has 0 heterocycles. The van der Waals surface area contributed by atoms with Crippen molar-refractivity contribution in [1.82, 2.24) is 10.2 Å². The fourth-order valence-corrected chi connectivity index (χ4v) is 1.59. The fourth-order valence-electron chi connectivity index (χ4n) is 1.59. The van der Waals surface area contributed by atoms with Crippen molar-refractivity contribution in [2.24, 2.45) is 0 Å². The van der Waals surface area contributed by atoms with Gasteiger partial charge in [0.05, 0.1) is 12.7 Å². The molecule has 0 aliphatic rings. The van der Waals surface area contributed by atoms with Crippen molar-refractivity contribution in [1.29, 1.82) is 0 Å². The quantitative estimate of drug-likeness (QED) is 0.836. The van der Waals surface area contributed by atoms with Gasteiger partial charge in [-0.15, -0.1) is 0 Å². The number of rotatable bonds is 4. The largest absolute Gasteiger partial charge is 0.504 e. The van der Waals surface area contributed by atoms with E-state index in [1.807, 2.05) is 0 Å². The van der Waals surface area contributed by atoms with Crippen molar-refractivity contribution in [2.75, 3.05) is 21.2 Å². The molecule has 0 radical (unpaired) electrons. The second-order valence-corrected chi connectivity index (χ2v) is 4.28. The number of hydrogen-bond donors (Lipinski definition) is 2. The number of phenolic OH excluding ortho intramolecular Hbond substituents is 1. The molecule has 0 fully saturated rings. The Morgan fingerprint density at radius 2 is 2.00 bits per heavy atom. The first-order valence-corrected chi connectivity index (χ1v) is 5.76. The number of carbonyl (C=O) groups is 2. The van der Waals surface area contributed by atoms with Crippen LogP contribution >= 0.6 is 0 Å². The highest BCUT2D eigenvalue weighted by Gasteiger charge is 2.20. The molecule has 6 nitrogen and oxygen atoms in total. The van der Waals surface area contributed by atoms with Crippen LogP contribution < -0.4 is 10.1 Å². The third-order valence-electron chi connectivity index (χ3n) is 2.62. The van der Waals surface area contributed by atoms with Gasteiger partial charge < -0.3 is 20.1 Å². The molecule has 1 unspecified atom stereocenters. The Morgan fingerprint density at radius 1 is 1.37 bits per heavy atom. The average molecular weight is 266 g/mol. The summed E-state index contributed by atoms with van der Waals surface area (Å²) in [6.07, 6.45) is 0. The third-order valence-corrected chi connectivity index (χ3v) is 2.62. The van der Waals surface area contributed by atoms with Crippen LogP contribution in [0.15, 0.2) is 18.2 Å². The van der Waals surface area contributed by atoms with E-state index in [1.54, 1.807) is 33.2 Å². The summed E-state index contributed by atoms with van der Waals surface area (Å²) in [7, 11) is 4.61. The molecule has 0 aliphatic carbocycles. The van der Waals surface area contributed by atoms with Crippen LogP contribution in [0.4, 0.5) is 0 Å². The highest BCUT2D eigenvalue weighted by molar-refractivity contribution is 6.00. The van der Waals surface area contributed by atoms with E-state index >= 15 is 0 Å². The Kier molecular flexibility index (Phi) is 4.74. The summed E-state index contributed by atoms with van der Waals surface area (Å²) in [5.74, 6) is -0.791. The highest BCUT2D eigenvalue weighted by Crippen LogP contribution is 2.29. The zero-order chi connectivity index (χ0) is 14.6. The summed E-state index contributed by atoms with van der Waals surface area (Å²) in [4.78, 5) is 25.0. The molecule has 104 valence electrons. The minimum Gasteiger partial charge on any atom is -0.504 e. The first-order valence-electron chi connectivity index (χ1n) is 5.76. The van der Waals surface area contributed by atoms with Crippen LogP contribution in [0.3, 0.4) is 0 Å². The van der Waals surface area contributed by atoms with Gasteiger partial charge in [0.25, 0.3) is 5.91 Å². The lowest BCUT2D eigenvalue weighted by atomic mass is 10.1. The van der Waals surface area contributed by atoms with Crippen molar-refractivity contribution >= 4 is 11.8 Å². The first-order chi connectivity index (χ1) is 8.88. The topological polar surface area (TPSA) is 78.9 Å². The van der Waals surface area contributed by atoms with Crippen LogP contribution in [0.1, 0.15) is 17.3 Å². The second-order valence-electron chi connectivity index (χ2n) is 4.28. The Bertz CT molecular complexity index is 486. The number of likely N-dealkylation sites (N-methyl/N-ethyl adjacent to an activating group) is 1. The van der Waals surface area contributed by atoms with Gasteiger partial charge in [0, 0.05) is 14.1 Å². The molecule has 1 atom stereocenters. The number of phenols is 1. The number of nitrogens with zero attached hydrogens (tertiary/aromatic N) is 1. The third kappa shape index (κ3) is 3.37. The van der Waals surface area contributed by atoms with E-state index in [0.717, 1.165) is 0 Å². The molecular formula is C13H18N2O4. The summed E-state index contributed by atoms with van der Waals surface area (Å²) in [5.41, 5.74) is 0.0674. The summed E-state index contributed by atoms with van der Waals surface area (Å²) in [6.45, 7) is 1.58. The van der Waals surface area contributed by atoms with E-state index in [9.17, 15) is 14.7 Å². The zero-order valence-electron chi connectivity index (χ0n) is 11.4. The Morgan fingerprint density at radius 3 is 2.53 bits per heavy atom. The Labute approximate surface area is 112 Å². The number of aromatic hydroxyl groups is 1. The predicted molar refractivity (Wildman–Crippen MR) is 70.3 cm³/mol. The van der Waals surface area contributed by atoms with Crippen molar-refractivity contribution < 1.29 is 19.4 Å². The first kappa shape index (κ1) is 14.8. The number of amides is 2. The highest BCUT2D eigenvalue weighted by atomic mass is 16.5. The number of para-hydroxylation sites is 1. The van der Waals surface area contributed by atoms with E-state index in [-0.39, 0.29) is 23.0 Å². The molecule has 0 spiro atoms. The summed E-state index contributed by atoms with van der Waals surface area (Å²) in [6, 6.07) is 3.92. The van der Waals surface area contributed by atoms with Crippen molar-refractivity contribution in [3.63, 3.8) is 0 Å². The molecule has 0 aliphatic heterocycles. The number of ether oxygens (including phenoxy) is 1. The van der Waals surface area contributed by atoms with Gasteiger partial charge in [0.15, 0.2) is 11.5 Å². The standard InChI is InChI=1S/C13H18N2O4/c1-8(13(18)15(2)3)14-12(17)9-6-5-7-10(19-4)11(9)16/h5-8,16H,1-4H3,(H,14,17). The average Bonchev–Trinajstić information content (AvgIpc) is 2.37. The van der Waals surface area contributed by atoms with Gasteiger partial charge in [-0.3, -0.25) is 9.59 Å². The fraction of sp³-hybridized carbons (Fsp3) is 0.385. The molecule has 1 aromatic carbocycles. The van der Waals surface area contributed by atoms with E-state index in [2.05, 4.69) is 5.32 Å². The van der Waals surface area contributed by atoms with E-state index in [1.165, 1.54) is 18.1 Å². The van der Waals surface area contributed by atoms with E-state index in [4.69, 9.17) is 4.74 Å². The predicted octanol–water partition coefficient (Wildman–Crippen LogP) is 0.607. The maximum Gasteiger partial charge on any atom is 0.255 e. The minimum atomic E-state index is -0.673. The summed E-state index contributed by atoms with van der Waals surface area (Å²) >= 11 is 0. The smallest absolute Gasteiger partial charge is 0.255 e. The molecule has 19 heavy (non-hydrogen) atoms. The van der Waals surface area contributed by atoms with Gasteiger partial charge in [-0.1, -0.05) is 6.07 Å². The monoisotopic (exact) mass is 266 g/mol. The molecular weight excluding hydrogens is 248 g/mol. The summed E-state index contributed by atoms with van der Waals surface area (Å²) < 4.78 is 4.92. The van der Waals surface area contributed by atoms with Gasteiger partial charge in [-0.2, -0.15) is 0 Å². The number of hydrogen-bond acceptors (Lipinski definition) is 4. The molecule has 6 heteroatoms. The minimum absolute atomic E-state index is 0.0674. The second kappa shape index (κ2) is 6.08. The van der Waals surface area contributed by atoms with E-state index in [0.29, 0.717) is 0 Å². The molecule has 0 saturated heterocycles. The molecule has 1 aromatic rings. The van der Waals surface area contributed by atoms with Crippen molar-refractivity contribution in [2.45, 2.75) is 13.0 Å². The molecule has 1 rings (SSSR count). The van der Waals surface area contributed by atoms with Crippen molar-refractivity contribution in [3.05, 3.63) is 23.8 Å². The van der Waals surface area contributed by atoms with Gasteiger partial charge >= 0.3 is 0 Å². The van der Waals surface area contributed by atoms with Gasteiger partial charge in [0.2, 0.25) is 5.91 Å². The molecule has 0 bridgehead atoms. The summed E-state index contributed by atoms with van der Waals surface area (Å²) in [5, 5.41) is 12.4. The molecule has 2 amide bonds. The maximum absolute atomic E-state index is 12.0. The number of methoxy groups -OCH3 is 1. The number of carbonyl (C=O) groups excluding carboxylic acids is 2. The number of benzene rings is 1.